The molecule has 0 saturated heterocycles. The van der Waals surface area contributed by atoms with E-state index in [-0.39, 0.29) is 5.92 Å². The van der Waals surface area contributed by atoms with Crippen molar-refractivity contribution in [3.05, 3.63) is 23.5 Å². The molecule has 0 atom stereocenters. The van der Waals surface area contributed by atoms with E-state index in [2.05, 4.69) is 6.92 Å². The zero-order chi connectivity index (χ0) is 11.3. The molecule has 1 heterocycles. The van der Waals surface area contributed by atoms with E-state index in [9.17, 15) is 9.59 Å². The van der Waals surface area contributed by atoms with Gasteiger partial charge in [0, 0.05) is 36.0 Å². The Hall–Kier alpha value is -1.38. The Labute approximate surface area is 90.5 Å². The second kappa shape index (κ2) is 5.49. The molecule has 3 heteroatoms. The van der Waals surface area contributed by atoms with Gasteiger partial charge >= 0.3 is 0 Å². The Morgan fingerprint density at radius 1 is 1.27 bits per heavy atom. The molecule has 0 aliphatic carbocycles. The summed E-state index contributed by atoms with van der Waals surface area (Å²) >= 11 is 0. The third-order valence-electron chi connectivity index (χ3n) is 2.67. The summed E-state index contributed by atoms with van der Waals surface area (Å²) < 4.78 is 0. The predicted molar refractivity (Wildman–Crippen MR) is 59.1 cm³/mol. The number of carbonyl (C=O) groups excluding carboxylic acids is 2. The Morgan fingerprint density at radius 2 is 1.80 bits per heavy atom. The van der Waals surface area contributed by atoms with E-state index in [1.807, 2.05) is 24.2 Å². The number of allylic oxidation sites excluding steroid dienone is 2. The van der Waals surface area contributed by atoms with Gasteiger partial charge in [-0.15, -0.1) is 0 Å². The van der Waals surface area contributed by atoms with Crippen LogP contribution in [0.5, 0.6) is 0 Å². The largest absolute Gasteiger partial charge is 0.353 e. The van der Waals surface area contributed by atoms with Crippen LogP contribution in [-0.2, 0) is 9.59 Å². The van der Waals surface area contributed by atoms with E-state index in [1.54, 1.807) is 0 Å². The molecule has 0 saturated carbocycles. The molecule has 82 valence electrons. The van der Waals surface area contributed by atoms with E-state index in [4.69, 9.17) is 0 Å². The van der Waals surface area contributed by atoms with Crippen LogP contribution in [0.4, 0.5) is 0 Å². The number of hydrogen-bond donors (Lipinski definition) is 0. The van der Waals surface area contributed by atoms with Gasteiger partial charge in [0.05, 0.1) is 0 Å². The van der Waals surface area contributed by atoms with Gasteiger partial charge in [-0.1, -0.05) is 20.3 Å². The Balaban J connectivity index is 2.80. The second-order valence-corrected chi connectivity index (χ2v) is 3.81. The molecular weight excluding hydrogens is 190 g/mol. The van der Waals surface area contributed by atoms with Gasteiger partial charge in [0.25, 0.3) is 0 Å². The van der Waals surface area contributed by atoms with Gasteiger partial charge in [0.1, 0.15) is 12.6 Å². The van der Waals surface area contributed by atoms with Gasteiger partial charge in [-0.3, -0.25) is 9.59 Å². The van der Waals surface area contributed by atoms with Crippen molar-refractivity contribution >= 4 is 12.6 Å². The van der Waals surface area contributed by atoms with E-state index in [1.165, 1.54) is 0 Å². The molecule has 0 spiro atoms. The average Bonchev–Trinajstić information content (AvgIpc) is 2.27. The first-order valence-electron chi connectivity index (χ1n) is 5.32. The summed E-state index contributed by atoms with van der Waals surface area (Å²) in [6.07, 6.45) is 7.49. The number of nitrogens with zero attached hydrogens (tertiary/aromatic N) is 1. The summed E-state index contributed by atoms with van der Waals surface area (Å²) in [5.74, 6) is -0.0714. The lowest BCUT2D eigenvalue weighted by atomic mass is 9.93. The van der Waals surface area contributed by atoms with Crippen molar-refractivity contribution in [2.75, 3.05) is 6.54 Å². The minimum absolute atomic E-state index is 0.0714. The van der Waals surface area contributed by atoms with Crippen LogP contribution in [0.25, 0.3) is 0 Å². The molecular formula is C12H17NO2. The fraction of sp³-hybridized carbons (Fsp3) is 0.500. The summed E-state index contributed by atoms with van der Waals surface area (Å²) in [4.78, 5) is 23.6. The quantitative estimate of drug-likeness (QED) is 0.646. The van der Waals surface area contributed by atoms with Crippen molar-refractivity contribution in [2.45, 2.75) is 26.7 Å². The summed E-state index contributed by atoms with van der Waals surface area (Å²) in [5.41, 5.74) is 1.35. The highest BCUT2D eigenvalue weighted by molar-refractivity contribution is 5.83. The fourth-order valence-corrected chi connectivity index (χ4v) is 1.57. The van der Waals surface area contributed by atoms with Crippen molar-refractivity contribution in [1.82, 2.24) is 4.90 Å². The third-order valence-corrected chi connectivity index (χ3v) is 2.67. The molecule has 0 N–H and O–H groups in total. The molecule has 0 fully saturated rings. The van der Waals surface area contributed by atoms with Crippen LogP contribution < -0.4 is 0 Å². The highest BCUT2D eigenvalue weighted by Crippen LogP contribution is 2.23. The first kappa shape index (κ1) is 11.7. The SMILES string of the molecule is CCCCN1C=C(C=O)C(C)C(C=O)=C1. The van der Waals surface area contributed by atoms with Crippen LogP contribution >= 0.6 is 0 Å². The Kier molecular flexibility index (Phi) is 4.28. The summed E-state index contributed by atoms with van der Waals surface area (Å²) in [7, 11) is 0. The third kappa shape index (κ3) is 2.78. The van der Waals surface area contributed by atoms with Crippen LogP contribution in [-0.4, -0.2) is 24.0 Å². The average molecular weight is 207 g/mol. The van der Waals surface area contributed by atoms with E-state index < -0.39 is 0 Å². The number of unbranched alkanes of at least 4 members (excludes halogenated alkanes) is 1. The molecule has 0 aromatic rings. The topological polar surface area (TPSA) is 37.4 Å². The van der Waals surface area contributed by atoms with Crippen molar-refractivity contribution in [1.29, 1.82) is 0 Å². The maximum Gasteiger partial charge on any atom is 0.148 e. The lowest BCUT2D eigenvalue weighted by Gasteiger charge is -2.25. The van der Waals surface area contributed by atoms with Crippen LogP contribution in [0.3, 0.4) is 0 Å². The first-order valence-corrected chi connectivity index (χ1v) is 5.32. The molecule has 1 rings (SSSR count). The van der Waals surface area contributed by atoms with E-state index in [0.29, 0.717) is 11.1 Å². The van der Waals surface area contributed by atoms with E-state index in [0.717, 1.165) is 32.0 Å². The highest BCUT2D eigenvalue weighted by Gasteiger charge is 2.19. The van der Waals surface area contributed by atoms with Crippen molar-refractivity contribution in [3.8, 4) is 0 Å². The van der Waals surface area contributed by atoms with Gasteiger partial charge < -0.3 is 4.90 Å². The molecule has 1 aliphatic heterocycles. The maximum atomic E-state index is 10.8. The molecule has 15 heavy (non-hydrogen) atoms. The summed E-state index contributed by atoms with van der Waals surface area (Å²) in [6.45, 7) is 4.84. The van der Waals surface area contributed by atoms with Crippen molar-refractivity contribution in [3.63, 3.8) is 0 Å². The van der Waals surface area contributed by atoms with Gasteiger partial charge in [-0.2, -0.15) is 0 Å². The van der Waals surface area contributed by atoms with E-state index >= 15 is 0 Å². The molecule has 3 nitrogen and oxygen atoms in total. The monoisotopic (exact) mass is 207 g/mol. The molecule has 1 aliphatic rings. The normalized spacial score (nSPS) is 17.1. The second-order valence-electron chi connectivity index (χ2n) is 3.81. The smallest absolute Gasteiger partial charge is 0.148 e. The lowest BCUT2D eigenvalue weighted by molar-refractivity contribution is -0.105. The maximum absolute atomic E-state index is 10.8. The standard InChI is InChI=1S/C12H17NO2/c1-3-4-5-13-6-11(8-14)10(2)12(7-13)9-15/h6-10H,3-5H2,1-2H3. The van der Waals surface area contributed by atoms with Crippen LogP contribution in [0.1, 0.15) is 26.7 Å². The summed E-state index contributed by atoms with van der Waals surface area (Å²) in [6, 6.07) is 0. The minimum atomic E-state index is -0.0714. The molecule has 0 aromatic carbocycles. The number of hydrogen-bond acceptors (Lipinski definition) is 3. The highest BCUT2D eigenvalue weighted by atomic mass is 16.1. The first-order chi connectivity index (χ1) is 7.22. The van der Waals surface area contributed by atoms with Gasteiger partial charge in [-0.05, 0) is 6.42 Å². The van der Waals surface area contributed by atoms with Crippen molar-refractivity contribution in [2.24, 2.45) is 5.92 Å². The van der Waals surface area contributed by atoms with Crippen molar-refractivity contribution < 1.29 is 9.59 Å². The van der Waals surface area contributed by atoms with Gasteiger partial charge in [0.15, 0.2) is 0 Å². The predicted octanol–water partition coefficient (Wildman–Crippen LogP) is 1.90. The number of aldehydes is 2. The molecule has 0 amide bonds. The van der Waals surface area contributed by atoms with Crippen LogP contribution in [0.15, 0.2) is 23.5 Å². The summed E-state index contributed by atoms with van der Waals surface area (Å²) in [5, 5.41) is 0. The lowest BCUT2D eigenvalue weighted by Crippen LogP contribution is -2.22. The number of carbonyl (C=O) groups is 2. The van der Waals surface area contributed by atoms with Crippen LogP contribution in [0, 0.1) is 5.92 Å². The number of rotatable bonds is 5. The zero-order valence-corrected chi connectivity index (χ0v) is 9.27. The van der Waals surface area contributed by atoms with Gasteiger partial charge in [-0.25, -0.2) is 0 Å². The fourth-order valence-electron chi connectivity index (χ4n) is 1.57. The van der Waals surface area contributed by atoms with Gasteiger partial charge in [0.2, 0.25) is 0 Å². The molecule has 0 bridgehead atoms. The molecule has 0 radical (unpaired) electrons. The molecule has 0 unspecified atom stereocenters. The Morgan fingerprint density at radius 3 is 2.20 bits per heavy atom. The van der Waals surface area contributed by atoms with Crippen LogP contribution in [0.2, 0.25) is 0 Å². The molecule has 0 aromatic heterocycles. The Bertz CT molecular complexity index is 279. The zero-order valence-electron chi connectivity index (χ0n) is 9.27. The minimum Gasteiger partial charge on any atom is -0.353 e.